The van der Waals surface area contributed by atoms with E-state index in [1.807, 2.05) is 37.4 Å². The summed E-state index contributed by atoms with van der Waals surface area (Å²) in [6.07, 6.45) is 1.95. The lowest BCUT2D eigenvalue weighted by Crippen LogP contribution is -2.20. The Hall–Kier alpha value is -1.44. The van der Waals surface area contributed by atoms with Crippen molar-refractivity contribution < 1.29 is 5.11 Å². The van der Waals surface area contributed by atoms with Gasteiger partial charge in [0.15, 0.2) is 5.16 Å². The number of benzene rings is 1. The molecule has 118 valence electrons. The second-order valence-electron chi connectivity index (χ2n) is 4.73. The van der Waals surface area contributed by atoms with E-state index in [9.17, 15) is 0 Å². The molecule has 1 aromatic heterocycles. The summed E-state index contributed by atoms with van der Waals surface area (Å²) >= 11 is 3.07. The number of aliphatic hydroxyl groups excluding tert-OH is 1. The molecule has 2 aromatic rings. The van der Waals surface area contributed by atoms with Crippen LogP contribution in [0, 0.1) is 0 Å². The summed E-state index contributed by atoms with van der Waals surface area (Å²) in [5.41, 5.74) is 1.23. The van der Waals surface area contributed by atoms with E-state index in [2.05, 4.69) is 32.1 Å². The number of anilines is 2. The van der Waals surface area contributed by atoms with Crippen LogP contribution in [0.15, 0.2) is 41.6 Å². The highest BCUT2D eigenvalue weighted by atomic mass is 32.2. The zero-order chi connectivity index (χ0) is 15.8. The van der Waals surface area contributed by atoms with Gasteiger partial charge in [0.2, 0.25) is 0 Å². The van der Waals surface area contributed by atoms with Gasteiger partial charge in [-0.15, -0.1) is 0 Å². The van der Waals surface area contributed by atoms with Crippen molar-refractivity contribution in [3.63, 3.8) is 0 Å². The number of thioether (sulfide) groups is 1. The van der Waals surface area contributed by atoms with Gasteiger partial charge in [0.25, 0.3) is 0 Å². The molecule has 2 rings (SSSR count). The smallest absolute Gasteiger partial charge is 0.191 e. The van der Waals surface area contributed by atoms with Crippen LogP contribution in [0.4, 0.5) is 11.6 Å². The summed E-state index contributed by atoms with van der Waals surface area (Å²) in [7, 11) is 0. The summed E-state index contributed by atoms with van der Waals surface area (Å²) < 4.78 is 3.13. The van der Waals surface area contributed by atoms with E-state index in [4.69, 9.17) is 5.11 Å². The first-order valence-corrected chi connectivity index (χ1v) is 9.14. The van der Waals surface area contributed by atoms with Crippen LogP contribution in [0.2, 0.25) is 0 Å². The standard InChI is InChI=1S/C15H20N4OS2/c1-11(9-20)16-13-8-14(19-21-2)18-15(17-13)22-10-12-6-4-3-5-7-12/h3-8,11,20H,9-10H2,1-2H3,(H2,16,17,18,19)/t11-/m1/s1. The van der Waals surface area contributed by atoms with Crippen molar-refractivity contribution in [1.29, 1.82) is 0 Å². The second-order valence-corrected chi connectivity index (χ2v) is 6.28. The van der Waals surface area contributed by atoms with Crippen molar-refractivity contribution in [3.8, 4) is 0 Å². The molecular formula is C15H20N4OS2. The normalized spacial score (nSPS) is 12.0. The highest BCUT2D eigenvalue weighted by Crippen LogP contribution is 2.24. The van der Waals surface area contributed by atoms with Crippen LogP contribution in [0.3, 0.4) is 0 Å². The summed E-state index contributed by atoms with van der Waals surface area (Å²) in [5, 5.41) is 13.0. The van der Waals surface area contributed by atoms with Gasteiger partial charge in [0.05, 0.1) is 6.61 Å². The molecule has 1 aromatic carbocycles. The highest BCUT2D eigenvalue weighted by molar-refractivity contribution is 7.99. The van der Waals surface area contributed by atoms with Crippen molar-refractivity contribution in [2.75, 3.05) is 22.9 Å². The Labute approximate surface area is 139 Å². The largest absolute Gasteiger partial charge is 0.394 e. The van der Waals surface area contributed by atoms with Gasteiger partial charge < -0.3 is 15.1 Å². The fourth-order valence-corrected chi connectivity index (χ4v) is 2.87. The number of rotatable bonds is 8. The topological polar surface area (TPSA) is 70.1 Å². The van der Waals surface area contributed by atoms with Gasteiger partial charge in [0.1, 0.15) is 11.6 Å². The third kappa shape index (κ3) is 5.40. The zero-order valence-electron chi connectivity index (χ0n) is 12.6. The first-order valence-electron chi connectivity index (χ1n) is 6.93. The van der Waals surface area contributed by atoms with Crippen LogP contribution in [0.25, 0.3) is 0 Å². The number of hydrogen-bond donors (Lipinski definition) is 3. The molecule has 0 aliphatic rings. The number of hydrogen-bond acceptors (Lipinski definition) is 7. The summed E-state index contributed by atoms with van der Waals surface area (Å²) in [6, 6.07) is 12.0. The molecule has 0 amide bonds. The van der Waals surface area contributed by atoms with Crippen LogP contribution in [0.5, 0.6) is 0 Å². The molecule has 7 heteroatoms. The number of nitrogens with zero attached hydrogens (tertiary/aromatic N) is 2. The second kappa shape index (κ2) is 8.87. The summed E-state index contributed by atoms with van der Waals surface area (Å²) in [4.78, 5) is 8.99. The number of aromatic nitrogens is 2. The van der Waals surface area contributed by atoms with Crippen LogP contribution in [-0.4, -0.2) is 34.0 Å². The molecule has 0 fully saturated rings. The number of aliphatic hydroxyl groups is 1. The van der Waals surface area contributed by atoms with E-state index < -0.39 is 0 Å². The van der Waals surface area contributed by atoms with Crippen LogP contribution in [0.1, 0.15) is 12.5 Å². The van der Waals surface area contributed by atoms with E-state index in [0.717, 1.165) is 11.6 Å². The Balaban J connectivity index is 2.11. The maximum absolute atomic E-state index is 9.16. The first-order chi connectivity index (χ1) is 10.7. The van der Waals surface area contributed by atoms with Crippen LogP contribution < -0.4 is 10.0 Å². The monoisotopic (exact) mass is 336 g/mol. The molecule has 0 radical (unpaired) electrons. The Bertz CT molecular complexity index is 583. The molecular weight excluding hydrogens is 316 g/mol. The van der Waals surface area contributed by atoms with Gasteiger partial charge in [-0.05, 0) is 12.5 Å². The quantitative estimate of drug-likeness (QED) is 0.388. The third-order valence-corrected chi connectivity index (χ3v) is 4.12. The molecule has 0 aliphatic heterocycles. The minimum atomic E-state index is -0.0518. The van der Waals surface area contributed by atoms with Crippen molar-refractivity contribution in [2.45, 2.75) is 23.9 Å². The third-order valence-electron chi connectivity index (χ3n) is 2.79. The van der Waals surface area contributed by atoms with Gasteiger partial charge in [0, 0.05) is 24.1 Å². The Morgan fingerprint density at radius 3 is 2.59 bits per heavy atom. The molecule has 0 bridgehead atoms. The first kappa shape index (κ1) is 16.9. The minimum absolute atomic E-state index is 0.0518. The average Bonchev–Trinajstić information content (AvgIpc) is 2.54. The van der Waals surface area contributed by atoms with Gasteiger partial charge >= 0.3 is 0 Å². The lowest BCUT2D eigenvalue weighted by atomic mass is 10.2. The van der Waals surface area contributed by atoms with Crippen LogP contribution >= 0.6 is 23.7 Å². The Morgan fingerprint density at radius 1 is 1.18 bits per heavy atom. The van der Waals surface area contributed by atoms with Crippen molar-refractivity contribution in [1.82, 2.24) is 9.97 Å². The average molecular weight is 336 g/mol. The molecule has 0 unspecified atom stereocenters. The summed E-state index contributed by atoms with van der Waals surface area (Å²) in [5.74, 6) is 2.29. The fourth-order valence-electron chi connectivity index (χ4n) is 1.74. The van der Waals surface area contributed by atoms with Crippen LogP contribution in [-0.2, 0) is 5.75 Å². The molecule has 22 heavy (non-hydrogen) atoms. The maximum Gasteiger partial charge on any atom is 0.191 e. The van der Waals surface area contributed by atoms with Gasteiger partial charge in [-0.25, -0.2) is 9.97 Å². The minimum Gasteiger partial charge on any atom is -0.394 e. The van der Waals surface area contributed by atoms with Gasteiger partial charge in [-0.2, -0.15) is 0 Å². The predicted molar refractivity (Wildman–Crippen MR) is 95.3 cm³/mol. The molecule has 0 spiro atoms. The van der Waals surface area contributed by atoms with E-state index in [1.165, 1.54) is 17.5 Å². The Morgan fingerprint density at radius 2 is 1.91 bits per heavy atom. The van der Waals surface area contributed by atoms with E-state index in [-0.39, 0.29) is 12.6 Å². The molecule has 0 saturated carbocycles. The molecule has 0 saturated heterocycles. The molecule has 5 nitrogen and oxygen atoms in total. The van der Waals surface area contributed by atoms with E-state index in [0.29, 0.717) is 11.0 Å². The molecule has 0 aliphatic carbocycles. The molecule has 1 atom stereocenters. The lowest BCUT2D eigenvalue weighted by Gasteiger charge is -2.13. The van der Waals surface area contributed by atoms with E-state index >= 15 is 0 Å². The van der Waals surface area contributed by atoms with Crippen molar-refractivity contribution >= 4 is 35.3 Å². The highest BCUT2D eigenvalue weighted by Gasteiger charge is 2.08. The van der Waals surface area contributed by atoms with Crippen molar-refractivity contribution in [3.05, 3.63) is 42.0 Å². The SMILES string of the molecule is CSNc1cc(N[C@H](C)CO)nc(SCc2ccccc2)n1. The maximum atomic E-state index is 9.16. The molecule has 1 heterocycles. The Kier molecular flexibility index (Phi) is 6.82. The zero-order valence-corrected chi connectivity index (χ0v) is 14.2. The van der Waals surface area contributed by atoms with Gasteiger partial charge in [-0.1, -0.05) is 54.0 Å². The van der Waals surface area contributed by atoms with Crippen molar-refractivity contribution in [2.24, 2.45) is 0 Å². The van der Waals surface area contributed by atoms with E-state index in [1.54, 1.807) is 11.8 Å². The fraction of sp³-hybridized carbons (Fsp3) is 0.333. The predicted octanol–water partition coefficient (Wildman–Crippen LogP) is 3.25. The lowest BCUT2D eigenvalue weighted by molar-refractivity contribution is 0.281. The van der Waals surface area contributed by atoms with Gasteiger partial charge in [-0.3, -0.25) is 0 Å². The number of nitrogens with one attached hydrogen (secondary N) is 2. The summed E-state index contributed by atoms with van der Waals surface area (Å²) in [6.45, 7) is 1.96. The molecule has 3 N–H and O–H groups in total.